The van der Waals surface area contributed by atoms with Gasteiger partial charge >= 0.3 is 0 Å². The summed E-state index contributed by atoms with van der Waals surface area (Å²) in [4.78, 5) is 0. The number of hydrogen-bond acceptors (Lipinski definition) is 0. The lowest BCUT2D eigenvalue weighted by Crippen LogP contribution is -1.97. The van der Waals surface area contributed by atoms with Crippen molar-refractivity contribution in [2.45, 2.75) is 25.6 Å². The number of alkyl halides is 1. The van der Waals surface area contributed by atoms with Crippen molar-refractivity contribution in [2.75, 3.05) is 0 Å². The number of hydrogen-bond donors (Lipinski definition) is 0. The highest BCUT2D eigenvalue weighted by Gasteiger charge is 2.10. The maximum absolute atomic E-state index is 6.47. The maximum Gasteiger partial charge on any atom is 0.0625 e. The summed E-state index contributed by atoms with van der Waals surface area (Å²) in [6, 6.07) is 14.3. The van der Waals surface area contributed by atoms with Crippen molar-refractivity contribution >= 4 is 23.2 Å². The summed E-state index contributed by atoms with van der Waals surface area (Å²) < 4.78 is 0. The summed E-state index contributed by atoms with van der Waals surface area (Å²) in [5.41, 5.74) is 4.91. The second kappa shape index (κ2) is 5.77. The standard InChI is InChI=1S/C16H16Cl2/c1-11-6-7-14(8-12(11)2)16(18)10-13-4-3-5-15(17)9-13/h3-9,16H,10H2,1-2H3. The maximum atomic E-state index is 6.47. The third-order valence-electron chi connectivity index (χ3n) is 3.20. The first-order chi connectivity index (χ1) is 8.56. The van der Waals surface area contributed by atoms with Gasteiger partial charge in [-0.3, -0.25) is 0 Å². The molecule has 0 heterocycles. The molecule has 0 aliphatic carbocycles. The molecule has 0 N–H and O–H groups in total. The minimum Gasteiger partial charge on any atom is -0.117 e. The van der Waals surface area contributed by atoms with E-state index in [2.05, 4.69) is 38.1 Å². The van der Waals surface area contributed by atoms with Gasteiger partial charge in [-0.25, -0.2) is 0 Å². The molecule has 0 saturated heterocycles. The third kappa shape index (κ3) is 3.28. The second-order valence-corrected chi connectivity index (χ2v) is 5.61. The van der Waals surface area contributed by atoms with Gasteiger partial charge in [-0.1, -0.05) is 41.9 Å². The third-order valence-corrected chi connectivity index (χ3v) is 3.84. The lowest BCUT2D eigenvalue weighted by atomic mass is 10.00. The van der Waals surface area contributed by atoms with Crippen LogP contribution in [0.1, 0.15) is 27.6 Å². The highest BCUT2D eigenvalue weighted by atomic mass is 35.5. The molecule has 1 unspecified atom stereocenters. The smallest absolute Gasteiger partial charge is 0.0625 e. The van der Waals surface area contributed by atoms with E-state index in [1.807, 2.05) is 18.2 Å². The van der Waals surface area contributed by atoms with E-state index in [0.29, 0.717) is 0 Å². The van der Waals surface area contributed by atoms with Gasteiger partial charge < -0.3 is 0 Å². The van der Waals surface area contributed by atoms with Crippen molar-refractivity contribution in [3.8, 4) is 0 Å². The quantitative estimate of drug-likeness (QED) is 0.653. The largest absolute Gasteiger partial charge is 0.117 e. The Morgan fingerprint density at radius 3 is 2.44 bits per heavy atom. The van der Waals surface area contributed by atoms with E-state index in [1.165, 1.54) is 22.3 Å². The number of benzene rings is 2. The van der Waals surface area contributed by atoms with Crippen LogP contribution in [0.15, 0.2) is 42.5 Å². The summed E-state index contributed by atoms with van der Waals surface area (Å²) in [7, 11) is 0. The molecule has 2 aromatic rings. The molecule has 2 rings (SSSR count). The molecule has 0 aliphatic heterocycles. The lowest BCUT2D eigenvalue weighted by molar-refractivity contribution is 0.917. The summed E-state index contributed by atoms with van der Waals surface area (Å²) in [6.07, 6.45) is 0.796. The predicted molar refractivity (Wildman–Crippen MR) is 79.7 cm³/mol. The Kier molecular flexibility index (Phi) is 4.31. The molecule has 1 atom stereocenters. The van der Waals surface area contributed by atoms with Gasteiger partial charge in [-0.15, -0.1) is 11.6 Å². The summed E-state index contributed by atoms with van der Waals surface area (Å²) in [6.45, 7) is 4.22. The molecular formula is C16H16Cl2. The average Bonchev–Trinajstić information content (AvgIpc) is 2.32. The molecule has 0 spiro atoms. The van der Waals surface area contributed by atoms with E-state index in [4.69, 9.17) is 23.2 Å². The van der Waals surface area contributed by atoms with Gasteiger partial charge in [0.1, 0.15) is 0 Å². The molecule has 2 aromatic carbocycles. The Labute approximate surface area is 119 Å². The van der Waals surface area contributed by atoms with E-state index in [-0.39, 0.29) is 5.38 Å². The van der Waals surface area contributed by atoms with Crippen LogP contribution in [0.4, 0.5) is 0 Å². The summed E-state index contributed by atoms with van der Waals surface area (Å²) in [5.74, 6) is 0. The molecular weight excluding hydrogens is 263 g/mol. The van der Waals surface area contributed by atoms with Crippen LogP contribution >= 0.6 is 23.2 Å². The lowest BCUT2D eigenvalue weighted by Gasteiger charge is -2.12. The fourth-order valence-electron chi connectivity index (χ4n) is 1.95. The Morgan fingerprint density at radius 2 is 1.78 bits per heavy atom. The van der Waals surface area contributed by atoms with Crippen LogP contribution in [-0.4, -0.2) is 0 Å². The SMILES string of the molecule is Cc1ccc(C(Cl)Cc2cccc(Cl)c2)cc1C. The van der Waals surface area contributed by atoms with Crippen LogP contribution in [-0.2, 0) is 6.42 Å². The Balaban J connectivity index is 2.16. The van der Waals surface area contributed by atoms with Crippen LogP contribution in [0, 0.1) is 13.8 Å². The molecule has 0 aromatic heterocycles. The average molecular weight is 279 g/mol. The molecule has 0 amide bonds. The molecule has 18 heavy (non-hydrogen) atoms. The summed E-state index contributed by atoms with van der Waals surface area (Å²) >= 11 is 12.5. The summed E-state index contributed by atoms with van der Waals surface area (Å²) in [5, 5.41) is 0.749. The molecule has 2 heteroatoms. The fourth-order valence-corrected chi connectivity index (χ4v) is 2.47. The first-order valence-electron chi connectivity index (χ1n) is 6.02. The number of aryl methyl sites for hydroxylation is 2. The van der Waals surface area contributed by atoms with Crippen LogP contribution in [0.2, 0.25) is 5.02 Å². The van der Waals surface area contributed by atoms with E-state index in [1.54, 1.807) is 0 Å². The zero-order chi connectivity index (χ0) is 13.1. The van der Waals surface area contributed by atoms with Crippen molar-refractivity contribution in [3.05, 3.63) is 69.7 Å². The van der Waals surface area contributed by atoms with Crippen molar-refractivity contribution in [1.29, 1.82) is 0 Å². The van der Waals surface area contributed by atoms with Gasteiger partial charge in [0.15, 0.2) is 0 Å². The van der Waals surface area contributed by atoms with Crippen LogP contribution < -0.4 is 0 Å². The molecule has 0 radical (unpaired) electrons. The predicted octanol–water partition coefficient (Wildman–Crippen LogP) is 5.48. The first kappa shape index (κ1) is 13.5. The second-order valence-electron chi connectivity index (χ2n) is 4.65. The Bertz CT molecular complexity index is 547. The molecule has 0 fully saturated rings. The Hall–Kier alpha value is -0.980. The molecule has 94 valence electrons. The number of rotatable bonds is 3. The van der Waals surface area contributed by atoms with E-state index in [9.17, 15) is 0 Å². The van der Waals surface area contributed by atoms with Gasteiger partial charge in [-0.05, 0) is 54.7 Å². The molecule has 0 saturated carbocycles. The number of halogens is 2. The minimum atomic E-state index is -0.0113. The monoisotopic (exact) mass is 278 g/mol. The highest BCUT2D eigenvalue weighted by molar-refractivity contribution is 6.30. The van der Waals surface area contributed by atoms with E-state index in [0.717, 1.165) is 11.4 Å². The van der Waals surface area contributed by atoms with Gasteiger partial charge in [0.2, 0.25) is 0 Å². The van der Waals surface area contributed by atoms with Crippen molar-refractivity contribution in [1.82, 2.24) is 0 Å². The van der Waals surface area contributed by atoms with Crippen LogP contribution in [0.3, 0.4) is 0 Å². The van der Waals surface area contributed by atoms with E-state index >= 15 is 0 Å². The van der Waals surface area contributed by atoms with Gasteiger partial charge in [0.25, 0.3) is 0 Å². The fraction of sp³-hybridized carbons (Fsp3) is 0.250. The van der Waals surface area contributed by atoms with Gasteiger partial charge in [-0.2, -0.15) is 0 Å². The zero-order valence-corrected chi connectivity index (χ0v) is 12.1. The topological polar surface area (TPSA) is 0 Å². The Morgan fingerprint density at radius 1 is 1.00 bits per heavy atom. The van der Waals surface area contributed by atoms with E-state index < -0.39 is 0 Å². The van der Waals surface area contributed by atoms with Crippen molar-refractivity contribution in [3.63, 3.8) is 0 Å². The highest BCUT2D eigenvalue weighted by Crippen LogP contribution is 2.27. The molecule has 0 nitrogen and oxygen atoms in total. The van der Waals surface area contributed by atoms with Gasteiger partial charge in [0.05, 0.1) is 5.38 Å². The van der Waals surface area contributed by atoms with Crippen molar-refractivity contribution < 1.29 is 0 Å². The molecule has 0 bridgehead atoms. The van der Waals surface area contributed by atoms with Crippen LogP contribution in [0.25, 0.3) is 0 Å². The first-order valence-corrected chi connectivity index (χ1v) is 6.83. The van der Waals surface area contributed by atoms with Gasteiger partial charge in [0, 0.05) is 5.02 Å². The minimum absolute atomic E-state index is 0.0113. The zero-order valence-electron chi connectivity index (χ0n) is 10.6. The van der Waals surface area contributed by atoms with Crippen molar-refractivity contribution in [2.24, 2.45) is 0 Å². The van der Waals surface area contributed by atoms with Crippen LogP contribution in [0.5, 0.6) is 0 Å². The molecule has 0 aliphatic rings. The normalized spacial score (nSPS) is 12.4.